The van der Waals surface area contributed by atoms with Crippen molar-refractivity contribution in [2.75, 3.05) is 0 Å². The Kier molecular flexibility index (Phi) is 2.36. The molecule has 1 unspecified atom stereocenters. The van der Waals surface area contributed by atoms with Crippen LogP contribution in [-0.2, 0) is 13.0 Å². The summed E-state index contributed by atoms with van der Waals surface area (Å²) >= 11 is 0. The van der Waals surface area contributed by atoms with Gasteiger partial charge < -0.3 is 4.74 Å². The van der Waals surface area contributed by atoms with Crippen molar-refractivity contribution in [3.05, 3.63) is 41.7 Å². The molecule has 1 aromatic carbocycles. The molecule has 0 amide bonds. The van der Waals surface area contributed by atoms with Gasteiger partial charge in [-0.2, -0.15) is 0 Å². The molecule has 86 valence electrons. The summed E-state index contributed by atoms with van der Waals surface area (Å²) in [7, 11) is 0. The van der Waals surface area contributed by atoms with Gasteiger partial charge in [-0.1, -0.05) is 23.4 Å². The number of nitrogens with zero attached hydrogens (tertiary/aromatic N) is 3. The highest BCUT2D eigenvalue weighted by molar-refractivity contribution is 5.70. The van der Waals surface area contributed by atoms with Crippen molar-refractivity contribution in [3.8, 4) is 5.75 Å². The molecule has 0 N–H and O–H groups in total. The van der Waals surface area contributed by atoms with Crippen molar-refractivity contribution in [1.29, 1.82) is 0 Å². The van der Waals surface area contributed by atoms with Crippen LogP contribution in [0.1, 0.15) is 16.1 Å². The van der Waals surface area contributed by atoms with Crippen LogP contribution in [0.4, 0.5) is 0 Å². The Labute approximate surface area is 98.0 Å². The first-order valence-electron chi connectivity index (χ1n) is 5.45. The van der Waals surface area contributed by atoms with E-state index in [1.54, 1.807) is 10.9 Å². The van der Waals surface area contributed by atoms with Gasteiger partial charge in [0.1, 0.15) is 17.5 Å². The van der Waals surface area contributed by atoms with Gasteiger partial charge in [-0.3, -0.25) is 4.79 Å². The van der Waals surface area contributed by atoms with Gasteiger partial charge in [0.15, 0.2) is 6.29 Å². The normalized spacial score (nSPS) is 17.5. The smallest absolute Gasteiger partial charge is 0.171 e. The molecular formula is C12H11N3O2. The van der Waals surface area contributed by atoms with Crippen molar-refractivity contribution >= 4 is 6.29 Å². The molecule has 0 saturated carbocycles. The summed E-state index contributed by atoms with van der Waals surface area (Å²) in [5.41, 5.74) is 1.56. The number of aldehydes is 1. The van der Waals surface area contributed by atoms with Crippen molar-refractivity contribution in [2.24, 2.45) is 0 Å². The van der Waals surface area contributed by atoms with E-state index in [9.17, 15) is 4.79 Å². The molecule has 0 radical (unpaired) electrons. The molecule has 5 nitrogen and oxygen atoms in total. The summed E-state index contributed by atoms with van der Waals surface area (Å²) in [6.45, 7) is 0.607. The quantitative estimate of drug-likeness (QED) is 0.739. The van der Waals surface area contributed by atoms with Gasteiger partial charge in [0.2, 0.25) is 0 Å². The molecule has 1 aliphatic rings. The second-order valence-corrected chi connectivity index (χ2v) is 4.04. The zero-order valence-corrected chi connectivity index (χ0v) is 9.11. The summed E-state index contributed by atoms with van der Waals surface area (Å²) in [5, 5.41) is 7.58. The lowest BCUT2D eigenvalue weighted by Crippen LogP contribution is -2.21. The van der Waals surface area contributed by atoms with E-state index in [1.807, 2.05) is 18.2 Å². The number of aromatic nitrogens is 3. The number of hydrogen-bond acceptors (Lipinski definition) is 4. The molecule has 0 aliphatic carbocycles. The van der Waals surface area contributed by atoms with E-state index in [1.165, 1.54) is 5.56 Å². The Bertz CT molecular complexity index is 525. The van der Waals surface area contributed by atoms with E-state index in [0.29, 0.717) is 18.5 Å². The van der Waals surface area contributed by atoms with Crippen molar-refractivity contribution in [3.63, 3.8) is 0 Å². The number of benzene rings is 1. The number of carbonyl (C=O) groups is 1. The number of rotatable bonds is 3. The molecule has 0 spiro atoms. The van der Waals surface area contributed by atoms with Crippen molar-refractivity contribution in [1.82, 2.24) is 15.0 Å². The van der Waals surface area contributed by atoms with E-state index < -0.39 is 0 Å². The predicted octanol–water partition coefficient (Wildman–Crippen LogP) is 1.09. The van der Waals surface area contributed by atoms with Crippen LogP contribution in [-0.4, -0.2) is 27.4 Å². The average Bonchev–Trinajstić information content (AvgIpc) is 2.94. The minimum atomic E-state index is 0.0635. The zero-order valence-electron chi connectivity index (χ0n) is 9.11. The van der Waals surface area contributed by atoms with Crippen LogP contribution in [0, 0.1) is 0 Å². The summed E-state index contributed by atoms with van der Waals surface area (Å²) in [6.07, 6.45) is 3.24. The lowest BCUT2D eigenvalue weighted by molar-refractivity contribution is 0.111. The Morgan fingerprint density at radius 1 is 1.47 bits per heavy atom. The van der Waals surface area contributed by atoms with Gasteiger partial charge in [0, 0.05) is 6.42 Å². The lowest BCUT2D eigenvalue weighted by Gasteiger charge is -2.09. The molecule has 2 aromatic rings. The molecular weight excluding hydrogens is 218 g/mol. The predicted molar refractivity (Wildman–Crippen MR) is 60.0 cm³/mol. The van der Waals surface area contributed by atoms with Gasteiger partial charge >= 0.3 is 0 Å². The highest BCUT2D eigenvalue weighted by Crippen LogP contribution is 2.28. The number of carbonyl (C=O) groups excluding carboxylic acids is 1. The van der Waals surface area contributed by atoms with Crippen molar-refractivity contribution in [2.45, 2.75) is 19.1 Å². The minimum absolute atomic E-state index is 0.0635. The number of para-hydroxylation sites is 1. The largest absolute Gasteiger partial charge is 0.488 e. The summed E-state index contributed by atoms with van der Waals surface area (Å²) in [6, 6.07) is 7.99. The first-order valence-corrected chi connectivity index (χ1v) is 5.45. The molecule has 2 heterocycles. The van der Waals surface area contributed by atoms with E-state index in [2.05, 4.69) is 16.4 Å². The second-order valence-electron chi connectivity index (χ2n) is 4.04. The second kappa shape index (κ2) is 4.01. The van der Waals surface area contributed by atoms with Crippen LogP contribution in [0.15, 0.2) is 30.5 Å². The van der Waals surface area contributed by atoms with Crippen LogP contribution in [0.3, 0.4) is 0 Å². The number of fused-ring (bicyclic) bond motifs is 1. The van der Waals surface area contributed by atoms with Gasteiger partial charge in [-0.15, -0.1) is 5.10 Å². The summed E-state index contributed by atoms with van der Waals surface area (Å²) < 4.78 is 7.42. The van der Waals surface area contributed by atoms with E-state index in [0.717, 1.165) is 12.2 Å². The SMILES string of the molecule is O=Cc1cn(CC2Cc3ccccc3O2)nn1. The summed E-state index contributed by atoms with van der Waals surface area (Å²) in [4.78, 5) is 10.5. The minimum Gasteiger partial charge on any atom is -0.488 e. The molecule has 3 rings (SSSR count). The van der Waals surface area contributed by atoms with Crippen LogP contribution in [0.5, 0.6) is 5.75 Å². The monoisotopic (exact) mass is 229 g/mol. The van der Waals surface area contributed by atoms with Crippen molar-refractivity contribution < 1.29 is 9.53 Å². The Morgan fingerprint density at radius 2 is 2.35 bits per heavy atom. The maximum absolute atomic E-state index is 10.5. The highest BCUT2D eigenvalue weighted by atomic mass is 16.5. The first kappa shape index (κ1) is 10.0. The summed E-state index contributed by atoms with van der Waals surface area (Å²) in [5.74, 6) is 0.938. The van der Waals surface area contributed by atoms with Gasteiger partial charge in [0.25, 0.3) is 0 Å². The van der Waals surface area contributed by atoms with Crippen LogP contribution in [0.2, 0.25) is 0 Å². The maximum atomic E-state index is 10.5. The van der Waals surface area contributed by atoms with E-state index >= 15 is 0 Å². The van der Waals surface area contributed by atoms with Gasteiger partial charge in [-0.25, -0.2) is 4.68 Å². The molecule has 5 heteroatoms. The highest BCUT2D eigenvalue weighted by Gasteiger charge is 2.22. The molecule has 17 heavy (non-hydrogen) atoms. The Hall–Kier alpha value is -2.17. The fourth-order valence-electron chi connectivity index (χ4n) is 2.02. The standard InChI is InChI=1S/C12H11N3O2/c16-8-10-6-15(14-13-10)7-11-5-9-3-1-2-4-12(9)17-11/h1-4,6,8,11H,5,7H2. The molecule has 1 aromatic heterocycles. The topological polar surface area (TPSA) is 57.0 Å². The van der Waals surface area contributed by atoms with E-state index in [4.69, 9.17) is 4.74 Å². The van der Waals surface area contributed by atoms with Crippen LogP contribution in [0.25, 0.3) is 0 Å². The molecule has 0 bridgehead atoms. The average molecular weight is 229 g/mol. The fourth-order valence-corrected chi connectivity index (χ4v) is 2.02. The maximum Gasteiger partial charge on any atom is 0.171 e. The fraction of sp³-hybridized carbons (Fsp3) is 0.250. The third-order valence-electron chi connectivity index (χ3n) is 2.78. The molecule has 0 fully saturated rings. The third kappa shape index (κ3) is 1.91. The number of ether oxygens (including phenoxy) is 1. The lowest BCUT2D eigenvalue weighted by atomic mass is 10.1. The molecule has 0 saturated heterocycles. The van der Waals surface area contributed by atoms with Gasteiger partial charge in [-0.05, 0) is 11.6 Å². The van der Waals surface area contributed by atoms with Gasteiger partial charge in [0.05, 0.1) is 12.7 Å². The number of hydrogen-bond donors (Lipinski definition) is 0. The zero-order chi connectivity index (χ0) is 11.7. The van der Waals surface area contributed by atoms with Crippen LogP contribution < -0.4 is 4.74 Å². The molecule has 1 aliphatic heterocycles. The Balaban J connectivity index is 1.71. The van der Waals surface area contributed by atoms with Crippen LogP contribution >= 0.6 is 0 Å². The molecule has 1 atom stereocenters. The first-order chi connectivity index (χ1) is 8.35. The van der Waals surface area contributed by atoms with E-state index in [-0.39, 0.29) is 6.10 Å². The Morgan fingerprint density at radius 3 is 3.12 bits per heavy atom. The third-order valence-corrected chi connectivity index (χ3v) is 2.78.